The van der Waals surface area contributed by atoms with Crippen molar-refractivity contribution < 1.29 is 13.9 Å². The molecular weight excluding hydrogens is 386 g/mol. The molecule has 0 atom stereocenters. The topological polar surface area (TPSA) is 62.3 Å². The summed E-state index contributed by atoms with van der Waals surface area (Å²) in [5.41, 5.74) is 2.91. The molecule has 0 amide bonds. The van der Waals surface area contributed by atoms with Gasteiger partial charge < -0.3 is 13.9 Å². The van der Waals surface area contributed by atoms with Gasteiger partial charge in [0.15, 0.2) is 17.8 Å². The Kier molecular flexibility index (Phi) is 5.24. The van der Waals surface area contributed by atoms with Gasteiger partial charge in [-0.15, -0.1) is 16.8 Å². The zero-order chi connectivity index (χ0) is 18.8. The minimum atomic E-state index is 0.253. The molecule has 6 nitrogen and oxygen atoms in total. The molecule has 0 saturated carbocycles. The van der Waals surface area contributed by atoms with E-state index in [1.54, 1.807) is 18.0 Å². The lowest BCUT2D eigenvalue weighted by Crippen LogP contribution is -2.13. The van der Waals surface area contributed by atoms with E-state index in [1.165, 1.54) is 0 Å². The number of aryl methyl sites for hydroxylation is 1. The minimum absolute atomic E-state index is 0.253. The molecular formula is C19H18ClN3O3S. The van der Waals surface area contributed by atoms with Gasteiger partial charge in [-0.1, -0.05) is 29.4 Å². The van der Waals surface area contributed by atoms with Crippen molar-refractivity contribution in [3.63, 3.8) is 0 Å². The average Bonchev–Trinajstić information content (AvgIpc) is 3.25. The molecule has 4 rings (SSSR count). The summed E-state index contributed by atoms with van der Waals surface area (Å²) >= 11 is 7.83. The second kappa shape index (κ2) is 7.80. The molecule has 140 valence electrons. The van der Waals surface area contributed by atoms with Gasteiger partial charge in [0.2, 0.25) is 0 Å². The summed E-state index contributed by atoms with van der Waals surface area (Å²) in [6.07, 6.45) is 3.48. The van der Waals surface area contributed by atoms with Gasteiger partial charge in [-0.3, -0.25) is 4.57 Å². The van der Waals surface area contributed by atoms with Crippen LogP contribution in [-0.2, 0) is 23.6 Å². The number of hydrogen-bond acceptors (Lipinski definition) is 6. The third kappa shape index (κ3) is 3.63. The summed E-state index contributed by atoms with van der Waals surface area (Å²) in [7, 11) is 0. The standard InChI is InChI=1S/C19H18ClN3O3S/c1-3-5-23-18(16-4-6-25-12(16)2)21-22-19(23)27-10-14-8-15(20)7-13-9-24-11-26-17(13)14/h3-4,6-8H,1,5,9-11H2,2H3. The molecule has 0 fully saturated rings. The minimum Gasteiger partial charge on any atom is -0.469 e. The Morgan fingerprint density at radius 1 is 1.37 bits per heavy atom. The Morgan fingerprint density at radius 3 is 3.04 bits per heavy atom. The van der Waals surface area contributed by atoms with Crippen molar-refractivity contribution in [1.29, 1.82) is 0 Å². The van der Waals surface area contributed by atoms with Gasteiger partial charge in [0, 0.05) is 28.4 Å². The van der Waals surface area contributed by atoms with Crippen LogP contribution in [0.3, 0.4) is 0 Å². The summed E-state index contributed by atoms with van der Waals surface area (Å²) in [6.45, 7) is 7.12. The molecule has 1 aliphatic heterocycles. The summed E-state index contributed by atoms with van der Waals surface area (Å²) < 4.78 is 18.5. The van der Waals surface area contributed by atoms with Crippen molar-refractivity contribution in [1.82, 2.24) is 14.8 Å². The van der Waals surface area contributed by atoms with Crippen LogP contribution in [0.4, 0.5) is 0 Å². The van der Waals surface area contributed by atoms with Crippen LogP contribution in [0.25, 0.3) is 11.4 Å². The van der Waals surface area contributed by atoms with Gasteiger partial charge in [-0.25, -0.2) is 0 Å². The molecule has 0 spiro atoms. The maximum Gasteiger partial charge on any atom is 0.192 e. The number of furan rings is 1. The van der Waals surface area contributed by atoms with Crippen LogP contribution < -0.4 is 4.74 Å². The van der Waals surface area contributed by atoms with Crippen LogP contribution in [0, 0.1) is 6.92 Å². The highest BCUT2D eigenvalue weighted by molar-refractivity contribution is 7.98. The number of halogens is 1. The van der Waals surface area contributed by atoms with Gasteiger partial charge >= 0.3 is 0 Å². The Bertz CT molecular complexity index is 983. The predicted octanol–water partition coefficient (Wildman–Crippen LogP) is 4.84. The Balaban J connectivity index is 1.63. The quantitative estimate of drug-likeness (QED) is 0.433. The fourth-order valence-corrected chi connectivity index (χ4v) is 4.19. The SMILES string of the molecule is C=CCn1c(SCc2cc(Cl)cc3c2OCOC3)nnc1-c1ccoc1C. The van der Waals surface area contributed by atoms with Crippen LogP contribution in [-0.4, -0.2) is 21.6 Å². The molecule has 3 heterocycles. The summed E-state index contributed by atoms with van der Waals surface area (Å²) in [6, 6.07) is 5.70. The van der Waals surface area contributed by atoms with Gasteiger partial charge in [0.1, 0.15) is 11.5 Å². The molecule has 0 N–H and O–H groups in total. The third-order valence-corrected chi connectivity index (χ3v) is 5.47. The summed E-state index contributed by atoms with van der Waals surface area (Å²) in [5.74, 6) is 3.07. The number of nitrogens with zero attached hydrogens (tertiary/aromatic N) is 3. The Labute approximate surface area is 166 Å². The van der Waals surface area contributed by atoms with Crippen molar-refractivity contribution in [3.8, 4) is 17.1 Å². The van der Waals surface area contributed by atoms with E-state index in [4.69, 9.17) is 25.5 Å². The van der Waals surface area contributed by atoms with Crippen LogP contribution in [0.2, 0.25) is 5.02 Å². The second-order valence-electron chi connectivity index (χ2n) is 6.05. The maximum absolute atomic E-state index is 6.26. The molecule has 0 unspecified atom stereocenters. The number of aromatic nitrogens is 3. The Morgan fingerprint density at radius 2 is 2.26 bits per heavy atom. The van der Waals surface area contributed by atoms with Crippen LogP contribution in [0.5, 0.6) is 5.75 Å². The molecule has 3 aromatic rings. The first-order chi connectivity index (χ1) is 13.2. The first-order valence-electron chi connectivity index (χ1n) is 8.40. The molecule has 0 saturated heterocycles. The first-order valence-corrected chi connectivity index (χ1v) is 9.77. The molecule has 27 heavy (non-hydrogen) atoms. The smallest absolute Gasteiger partial charge is 0.192 e. The Hall–Kier alpha value is -2.22. The van der Waals surface area contributed by atoms with Crippen LogP contribution in [0.15, 0.2) is 46.7 Å². The number of allylic oxidation sites excluding steroid dienone is 1. The van der Waals surface area contributed by atoms with Crippen LogP contribution >= 0.6 is 23.4 Å². The summed E-state index contributed by atoms with van der Waals surface area (Å²) in [5, 5.41) is 10.2. The van der Waals surface area contributed by atoms with Gasteiger partial charge in [0.05, 0.1) is 18.4 Å². The predicted molar refractivity (Wildman–Crippen MR) is 104 cm³/mol. The van der Waals surface area contributed by atoms with Crippen molar-refractivity contribution in [2.24, 2.45) is 0 Å². The van der Waals surface area contributed by atoms with E-state index in [0.29, 0.717) is 23.9 Å². The van der Waals surface area contributed by atoms with E-state index in [9.17, 15) is 0 Å². The number of thioether (sulfide) groups is 1. The van der Waals surface area contributed by atoms with Gasteiger partial charge in [-0.05, 0) is 25.1 Å². The number of ether oxygens (including phenoxy) is 2. The molecule has 1 aliphatic rings. The fraction of sp³-hybridized carbons (Fsp3) is 0.263. The highest BCUT2D eigenvalue weighted by atomic mass is 35.5. The number of rotatable bonds is 6. The van der Waals surface area contributed by atoms with Crippen molar-refractivity contribution in [2.75, 3.05) is 6.79 Å². The maximum atomic E-state index is 6.26. The monoisotopic (exact) mass is 403 g/mol. The average molecular weight is 404 g/mol. The van der Waals surface area contributed by atoms with E-state index in [-0.39, 0.29) is 6.79 Å². The lowest BCUT2D eigenvalue weighted by atomic mass is 10.1. The molecule has 0 radical (unpaired) electrons. The number of hydrogen-bond donors (Lipinski definition) is 0. The fourth-order valence-electron chi connectivity index (χ4n) is 3.01. The zero-order valence-electron chi connectivity index (χ0n) is 14.8. The molecule has 0 bridgehead atoms. The van der Waals surface area contributed by atoms with Gasteiger partial charge in [0.25, 0.3) is 0 Å². The molecule has 8 heteroatoms. The van der Waals surface area contributed by atoms with Crippen molar-refractivity contribution >= 4 is 23.4 Å². The normalized spacial score (nSPS) is 13.3. The molecule has 0 aliphatic carbocycles. The highest BCUT2D eigenvalue weighted by Crippen LogP contribution is 2.36. The zero-order valence-corrected chi connectivity index (χ0v) is 16.3. The van der Waals surface area contributed by atoms with E-state index in [0.717, 1.165) is 39.2 Å². The van der Waals surface area contributed by atoms with E-state index >= 15 is 0 Å². The lowest BCUT2D eigenvalue weighted by Gasteiger charge is -2.21. The van der Waals surface area contributed by atoms with E-state index in [1.807, 2.05) is 35.8 Å². The molecule has 1 aromatic carbocycles. The third-order valence-electron chi connectivity index (χ3n) is 4.24. The van der Waals surface area contributed by atoms with Crippen molar-refractivity contribution in [3.05, 3.63) is 59.0 Å². The largest absolute Gasteiger partial charge is 0.469 e. The first kappa shape index (κ1) is 18.2. The molecule has 2 aromatic heterocycles. The number of fused-ring (bicyclic) bond motifs is 1. The highest BCUT2D eigenvalue weighted by Gasteiger charge is 2.20. The summed E-state index contributed by atoms with van der Waals surface area (Å²) in [4.78, 5) is 0. The van der Waals surface area contributed by atoms with Gasteiger partial charge in [-0.2, -0.15) is 0 Å². The van der Waals surface area contributed by atoms with Crippen LogP contribution in [0.1, 0.15) is 16.9 Å². The van der Waals surface area contributed by atoms with E-state index in [2.05, 4.69) is 16.8 Å². The lowest BCUT2D eigenvalue weighted by molar-refractivity contribution is -0.0168. The number of benzene rings is 1. The second-order valence-corrected chi connectivity index (χ2v) is 7.43. The van der Waals surface area contributed by atoms with E-state index < -0.39 is 0 Å². The van der Waals surface area contributed by atoms with Crippen molar-refractivity contribution in [2.45, 2.75) is 31.0 Å².